The summed E-state index contributed by atoms with van der Waals surface area (Å²) in [6.45, 7) is 5.52. The molecule has 9 nitrogen and oxygen atoms in total. The number of hydrogen-bond acceptors (Lipinski definition) is 6. The maximum Gasteiger partial charge on any atom is 0.244 e. The van der Waals surface area contributed by atoms with Gasteiger partial charge in [0.25, 0.3) is 0 Å². The van der Waals surface area contributed by atoms with Gasteiger partial charge in [-0.15, -0.1) is 0 Å². The summed E-state index contributed by atoms with van der Waals surface area (Å²) in [6, 6.07) is 11.4. The fraction of sp³-hybridized carbons (Fsp3) is 0.391. The van der Waals surface area contributed by atoms with Crippen molar-refractivity contribution in [2.45, 2.75) is 33.4 Å². The Labute approximate surface area is 194 Å². The molecule has 1 atom stereocenters. The second-order valence-corrected chi connectivity index (χ2v) is 9.73. The Kier molecular flexibility index (Phi) is 7.47. The first-order chi connectivity index (χ1) is 15.6. The van der Waals surface area contributed by atoms with Gasteiger partial charge in [-0.3, -0.25) is 13.9 Å². The lowest BCUT2D eigenvalue weighted by Gasteiger charge is -2.31. The summed E-state index contributed by atoms with van der Waals surface area (Å²) in [5, 5.41) is 2.73. The number of ether oxygens (including phenoxy) is 2. The molecule has 1 aliphatic rings. The maximum absolute atomic E-state index is 13.5. The van der Waals surface area contributed by atoms with Crippen LogP contribution in [-0.4, -0.2) is 57.3 Å². The Hall–Kier alpha value is -3.27. The lowest BCUT2D eigenvalue weighted by molar-refractivity contribution is -0.139. The Morgan fingerprint density at radius 1 is 1.12 bits per heavy atom. The van der Waals surface area contributed by atoms with Crippen molar-refractivity contribution in [2.75, 3.05) is 30.4 Å². The molecule has 0 bridgehead atoms. The SMILES string of the molecule is CCNC(=O)[C@@H](C)N(Cc1ccccc1C)C(=O)CN(c1ccc2c(c1)OCO2)S(C)(=O)=O. The monoisotopic (exact) mass is 475 g/mol. The van der Waals surface area contributed by atoms with Gasteiger partial charge in [0, 0.05) is 19.2 Å². The first-order valence-electron chi connectivity index (χ1n) is 10.6. The molecule has 0 saturated carbocycles. The zero-order chi connectivity index (χ0) is 24.2. The van der Waals surface area contributed by atoms with Crippen LogP contribution in [0, 0.1) is 6.92 Å². The summed E-state index contributed by atoms with van der Waals surface area (Å²) in [7, 11) is -3.81. The van der Waals surface area contributed by atoms with E-state index < -0.39 is 28.5 Å². The van der Waals surface area contributed by atoms with E-state index in [0.717, 1.165) is 21.7 Å². The topological polar surface area (TPSA) is 105 Å². The summed E-state index contributed by atoms with van der Waals surface area (Å²) in [4.78, 5) is 27.4. The fourth-order valence-electron chi connectivity index (χ4n) is 3.53. The van der Waals surface area contributed by atoms with Crippen LogP contribution < -0.4 is 19.1 Å². The van der Waals surface area contributed by atoms with Gasteiger partial charge >= 0.3 is 0 Å². The van der Waals surface area contributed by atoms with Crippen LogP contribution in [0.3, 0.4) is 0 Å². The lowest BCUT2D eigenvalue weighted by Crippen LogP contribution is -2.51. The van der Waals surface area contributed by atoms with E-state index in [4.69, 9.17) is 9.47 Å². The quantitative estimate of drug-likeness (QED) is 0.595. The van der Waals surface area contributed by atoms with Gasteiger partial charge in [-0.05, 0) is 44.0 Å². The van der Waals surface area contributed by atoms with Gasteiger partial charge in [-0.25, -0.2) is 8.42 Å². The van der Waals surface area contributed by atoms with E-state index in [0.29, 0.717) is 18.0 Å². The summed E-state index contributed by atoms with van der Waals surface area (Å²) in [5.41, 5.74) is 2.11. The van der Waals surface area contributed by atoms with Gasteiger partial charge in [-0.1, -0.05) is 24.3 Å². The van der Waals surface area contributed by atoms with Crippen LogP contribution >= 0.6 is 0 Å². The standard InChI is InChI=1S/C23H29N3O6S/c1-5-24-23(28)17(3)25(13-18-9-7-6-8-16(18)2)22(27)14-26(33(4,29)30)19-10-11-20-21(12-19)32-15-31-20/h6-12,17H,5,13-15H2,1-4H3,(H,24,28)/t17-/m1/s1. The molecule has 2 aromatic carbocycles. The van der Waals surface area contributed by atoms with E-state index in [-0.39, 0.29) is 24.9 Å². The highest BCUT2D eigenvalue weighted by atomic mass is 32.2. The van der Waals surface area contributed by atoms with Crippen molar-refractivity contribution in [2.24, 2.45) is 0 Å². The summed E-state index contributed by atoms with van der Waals surface area (Å²) >= 11 is 0. The number of anilines is 1. The van der Waals surface area contributed by atoms with Crippen molar-refractivity contribution >= 4 is 27.5 Å². The van der Waals surface area contributed by atoms with E-state index in [1.54, 1.807) is 26.0 Å². The van der Waals surface area contributed by atoms with Crippen molar-refractivity contribution in [3.8, 4) is 11.5 Å². The van der Waals surface area contributed by atoms with E-state index in [9.17, 15) is 18.0 Å². The van der Waals surface area contributed by atoms with E-state index in [1.165, 1.54) is 11.0 Å². The molecule has 0 radical (unpaired) electrons. The van der Waals surface area contributed by atoms with Crippen LogP contribution in [0.1, 0.15) is 25.0 Å². The van der Waals surface area contributed by atoms with Crippen LogP contribution in [0.2, 0.25) is 0 Å². The molecule has 0 unspecified atom stereocenters. The number of amides is 2. The number of likely N-dealkylation sites (N-methyl/N-ethyl adjacent to an activating group) is 1. The second-order valence-electron chi connectivity index (χ2n) is 7.83. The molecule has 0 aliphatic carbocycles. The van der Waals surface area contributed by atoms with Crippen molar-refractivity contribution in [3.63, 3.8) is 0 Å². The second kappa shape index (κ2) is 10.1. The molecular formula is C23H29N3O6S. The zero-order valence-electron chi connectivity index (χ0n) is 19.2. The first-order valence-corrected chi connectivity index (χ1v) is 12.5. The molecule has 3 rings (SSSR count). The normalized spacial score (nSPS) is 13.3. The van der Waals surface area contributed by atoms with Gasteiger partial charge in [0.2, 0.25) is 28.6 Å². The average Bonchev–Trinajstić information content (AvgIpc) is 3.23. The molecule has 0 saturated heterocycles. The van der Waals surface area contributed by atoms with Crippen molar-refractivity contribution < 1.29 is 27.5 Å². The number of benzene rings is 2. The summed E-state index contributed by atoms with van der Waals surface area (Å²) in [6.07, 6.45) is 1.03. The zero-order valence-corrected chi connectivity index (χ0v) is 20.0. The lowest BCUT2D eigenvalue weighted by atomic mass is 10.1. The van der Waals surface area contributed by atoms with E-state index in [1.807, 2.05) is 31.2 Å². The van der Waals surface area contributed by atoms with E-state index in [2.05, 4.69) is 5.32 Å². The fourth-order valence-corrected chi connectivity index (χ4v) is 4.37. The van der Waals surface area contributed by atoms with Gasteiger partial charge in [0.1, 0.15) is 12.6 Å². The Bertz CT molecular complexity index is 1130. The van der Waals surface area contributed by atoms with Crippen LogP contribution in [-0.2, 0) is 26.2 Å². The Balaban J connectivity index is 1.92. The van der Waals surface area contributed by atoms with Crippen LogP contribution in [0.4, 0.5) is 5.69 Å². The number of sulfonamides is 1. The minimum Gasteiger partial charge on any atom is -0.454 e. The third-order valence-electron chi connectivity index (χ3n) is 5.44. The van der Waals surface area contributed by atoms with Crippen LogP contribution in [0.25, 0.3) is 0 Å². The number of nitrogens with one attached hydrogen (secondary N) is 1. The average molecular weight is 476 g/mol. The van der Waals surface area contributed by atoms with E-state index >= 15 is 0 Å². The largest absolute Gasteiger partial charge is 0.454 e. The Morgan fingerprint density at radius 2 is 1.82 bits per heavy atom. The number of carbonyl (C=O) groups excluding carboxylic acids is 2. The van der Waals surface area contributed by atoms with Crippen molar-refractivity contribution in [3.05, 3.63) is 53.6 Å². The molecule has 2 aromatic rings. The third kappa shape index (κ3) is 5.75. The predicted octanol–water partition coefficient (Wildman–Crippen LogP) is 2.04. The highest BCUT2D eigenvalue weighted by Crippen LogP contribution is 2.36. The molecule has 10 heteroatoms. The molecule has 1 aliphatic heterocycles. The third-order valence-corrected chi connectivity index (χ3v) is 6.58. The van der Waals surface area contributed by atoms with Gasteiger partial charge in [0.05, 0.1) is 11.9 Å². The number of rotatable bonds is 9. The van der Waals surface area contributed by atoms with Crippen molar-refractivity contribution in [1.29, 1.82) is 0 Å². The Morgan fingerprint density at radius 3 is 2.48 bits per heavy atom. The minimum absolute atomic E-state index is 0.0465. The predicted molar refractivity (Wildman–Crippen MR) is 125 cm³/mol. The number of fused-ring (bicyclic) bond motifs is 1. The van der Waals surface area contributed by atoms with Crippen molar-refractivity contribution in [1.82, 2.24) is 10.2 Å². The maximum atomic E-state index is 13.5. The van der Waals surface area contributed by atoms with Gasteiger partial charge in [-0.2, -0.15) is 0 Å². The number of hydrogen-bond donors (Lipinski definition) is 1. The molecule has 1 heterocycles. The molecular weight excluding hydrogens is 446 g/mol. The molecule has 0 aromatic heterocycles. The molecule has 1 N–H and O–H groups in total. The molecule has 33 heavy (non-hydrogen) atoms. The van der Waals surface area contributed by atoms with Gasteiger partial charge < -0.3 is 19.7 Å². The number of carbonyl (C=O) groups is 2. The summed E-state index contributed by atoms with van der Waals surface area (Å²) in [5.74, 6) is 0.0964. The van der Waals surface area contributed by atoms with Crippen LogP contribution in [0.5, 0.6) is 11.5 Å². The van der Waals surface area contributed by atoms with Gasteiger partial charge in [0.15, 0.2) is 11.5 Å². The highest BCUT2D eigenvalue weighted by molar-refractivity contribution is 7.92. The molecule has 178 valence electrons. The highest BCUT2D eigenvalue weighted by Gasteiger charge is 2.30. The molecule has 0 fully saturated rings. The smallest absolute Gasteiger partial charge is 0.244 e. The molecule has 0 spiro atoms. The number of nitrogens with zero attached hydrogens (tertiary/aromatic N) is 2. The van der Waals surface area contributed by atoms with Crippen LogP contribution in [0.15, 0.2) is 42.5 Å². The first kappa shape index (κ1) is 24.4. The minimum atomic E-state index is -3.81. The molecule has 2 amide bonds. The summed E-state index contributed by atoms with van der Waals surface area (Å²) < 4.78 is 36.9. The number of aryl methyl sites for hydroxylation is 1.